The fourth-order valence-electron chi connectivity index (χ4n) is 2.02. The average molecular weight is 305 g/mol. The third kappa shape index (κ3) is 5.38. The molecule has 2 rings (SSSR count). The molecule has 0 heterocycles. The monoisotopic (exact) mass is 304 g/mol. The molecular formula is C17H21ClN2O. The van der Waals surface area contributed by atoms with Crippen LogP contribution in [0.2, 0.25) is 5.02 Å². The highest BCUT2D eigenvalue weighted by Gasteiger charge is 1.98. The molecule has 0 atom stereocenters. The zero-order valence-electron chi connectivity index (χ0n) is 12.2. The maximum Gasteiger partial charge on any atom is 0.118 e. The van der Waals surface area contributed by atoms with Crippen molar-refractivity contribution in [2.24, 2.45) is 0 Å². The number of hydrogen-bond donors (Lipinski definition) is 2. The lowest BCUT2D eigenvalue weighted by molar-refractivity contribution is 0.414. The number of ether oxygens (including phenoxy) is 1. The largest absolute Gasteiger partial charge is 0.497 e. The number of rotatable bonds is 8. The Morgan fingerprint density at radius 2 is 1.57 bits per heavy atom. The van der Waals surface area contributed by atoms with Gasteiger partial charge in [-0.2, -0.15) is 0 Å². The van der Waals surface area contributed by atoms with Crippen LogP contribution >= 0.6 is 11.6 Å². The van der Waals surface area contributed by atoms with Crippen LogP contribution in [0.4, 0.5) is 0 Å². The molecule has 2 aromatic carbocycles. The second kappa shape index (κ2) is 8.67. The summed E-state index contributed by atoms with van der Waals surface area (Å²) in [6.45, 7) is 3.47. The first-order valence-electron chi connectivity index (χ1n) is 7.07. The molecule has 0 aliphatic carbocycles. The van der Waals surface area contributed by atoms with Crippen LogP contribution in [0, 0.1) is 0 Å². The minimum atomic E-state index is 0.796. The molecule has 4 heteroatoms. The molecule has 0 saturated heterocycles. The molecule has 0 saturated carbocycles. The van der Waals surface area contributed by atoms with Crippen molar-refractivity contribution in [3.05, 3.63) is 64.7 Å². The number of nitrogens with one attached hydrogen (secondary N) is 2. The van der Waals surface area contributed by atoms with Gasteiger partial charge in [-0.3, -0.25) is 0 Å². The first-order chi connectivity index (χ1) is 10.3. The summed E-state index contributed by atoms with van der Waals surface area (Å²) in [5.74, 6) is 0.889. The fourth-order valence-corrected chi connectivity index (χ4v) is 2.22. The van der Waals surface area contributed by atoms with Crippen LogP contribution < -0.4 is 15.4 Å². The predicted molar refractivity (Wildman–Crippen MR) is 87.9 cm³/mol. The van der Waals surface area contributed by atoms with Crippen LogP contribution in [0.1, 0.15) is 11.1 Å². The second-order valence-corrected chi connectivity index (χ2v) is 5.20. The lowest BCUT2D eigenvalue weighted by Crippen LogP contribution is -2.26. The topological polar surface area (TPSA) is 33.3 Å². The molecule has 112 valence electrons. The molecule has 0 fully saturated rings. The van der Waals surface area contributed by atoms with Gasteiger partial charge in [0.2, 0.25) is 0 Å². The average Bonchev–Trinajstić information content (AvgIpc) is 2.53. The van der Waals surface area contributed by atoms with Crippen molar-refractivity contribution < 1.29 is 4.74 Å². The van der Waals surface area contributed by atoms with Gasteiger partial charge in [0.15, 0.2) is 0 Å². The van der Waals surface area contributed by atoms with E-state index < -0.39 is 0 Å². The Hall–Kier alpha value is -1.55. The van der Waals surface area contributed by atoms with Gasteiger partial charge in [-0.05, 0) is 29.3 Å². The summed E-state index contributed by atoms with van der Waals surface area (Å²) in [5, 5.41) is 7.60. The molecular weight excluding hydrogens is 284 g/mol. The van der Waals surface area contributed by atoms with Crippen LogP contribution in [0.5, 0.6) is 5.75 Å². The first kappa shape index (κ1) is 15.8. The summed E-state index contributed by atoms with van der Waals surface area (Å²) in [7, 11) is 1.68. The van der Waals surface area contributed by atoms with Gasteiger partial charge in [0, 0.05) is 31.2 Å². The van der Waals surface area contributed by atoms with Crippen molar-refractivity contribution in [3.63, 3.8) is 0 Å². The molecule has 21 heavy (non-hydrogen) atoms. The molecule has 0 radical (unpaired) electrons. The molecule has 0 aromatic heterocycles. The minimum Gasteiger partial charge on any atom is -0.497 e. The van der Waals surface area contributed by atoms with Gasteiger partial charge < -0.3 is 15.4 Å². The molecule has 2 N–H and O–H groups in total. The molecule has 0 aliphatic rings. The van der Waals surface area contributed by atoms with Crippen LogP contribution in [0.15, 0.2) is 48.5 Å². The van der Waals surface area contributed by atoms with Gasteiger partial charge in [-0.25, -0.2) is 0 Å². The van der Waals surface area contributed by atoms with E-state index in [4.69, 9.17) is 16.3 Å². The van der Waals surface area contributed by atoms with E-state index in [-0.39, 0.29) is 0 Å². The number of methoxy groups -OCH3 is 1. The van der Waals surface area contributed by atoms with E-state index in [1.54, 1.807) is 7.11 Å². The summed E-state index contributed by atoms with van der Waals surface area (Å²) in [6.07, 6.45) is 0. The molecule has 0 bridgehead atoms. The van der Waals surface area contributed by atoms with Gasteiger partial charge in [0.05, 0.1) is 7.11 Å². The molecule has 2 aromatic rings. The van der Waals surface area contributed by atoms with Crippen LogP contribution in [0.3, 0.4) is 0 Å². The molecule has 0 unspecified atom stereocenters. The summed E-state index contributed by atoms with van der Waals surface area (Å²) in [4.78, 5) is 0. The smallest absolute Gasteiger partial charge is 0.118 e. The lowest BCUT2D eigenvalue weighted by atomic mass is 10.2. The maximum absolute atomic E-state index is 6.10. The van der Waals surface area contributed by atoms with E-state index in [1.165, 1.54) is 5.56 Å². The van der Waals surface area contributed by atoms with Crippen molar-refractivity contribution in [3.8, 4) is 5.75 Å². The van der Waals surface area contributed by atoms with Gasteiger partial charge in [0.25, 0.3) is 0 Å². The van der Waals surface area contributed by atoms with E-state index in [1.807, 2.05) is 36.4 Å². The zero-order valence-corrected chi connectivity index (χ0v) is 13.0. The van der Waals surface area contributed by atoms with Gasteiger partial charge >= 0.3 is 0 Å². The third-order valence-corrected chi connectivity index (χ3v) is 3.61. The highest BCUT2D eigenvalue weighted by molar-refractivity contribution is 6.31. The van der Waals surface area contributed by atoms with Gasteiger partial charge in [-0.15, -0.1) is 0 Å². The van der Waals surface area contributed by atoms with E-state index in [2.05, 4.69) is 22.8 Å². The van der Waals surface area contributed by atoms with Crippen LogP contribution in [0.25, 0.3) is 0 Å². The molecule has 0 amide bonds. The molecule has 0 spiro atoms. The Morgan fingerprint density at radius 3 is 2.24 bits per heavy atom. The standard InChI is InChI=1S/C17H21ClN2O/c1-21-16-8-6-14(7-9-16)12-19-10-11-20-13-15-4-2-3-5-17(15)18/h2-9,19-20H,10-13H2,1H3. The van der Waals surface area contributed by atoms with Gasteiger partial charge in [-0.1, -0.05) is 41.9 Å². The van der Waals surface area contributed by atoms with Crippen LogP contribution in [-0.4, -0.2) is 20.2 Å². The Labute approximate surface area is 131 Å². The van der Waals surface area contributed by atoms with E-state index in [9.17, 15) is 0 Å². The predicted octanol–water partition coefficient (Wildman–Crippen LogP) is 3.23. The maximum atomic E-state index is 6.10. The van der Waals surface area contributed by atoms with E-state index in [0.717, 1.165) is 42.5 Å². The van der Waals surface area contributed by atoms with Crippen molar-refractivity contribution >= 4 is 11.6 Å². The van der Waals surface area contributed by atoms with Crippen molar-refractivity contribution in [2.45, 2.75) is 13.1 Å². The quantitative estimate of drug-likeness (QED) is 0.735. The first-order valence-corrected chi connectivity index (χ1v) is 7.45. The van der Waals surface area contributed by atoms with Crippen molar-refractivity contribution in [2.75, 3.05) is 20.2 Å². The number of benzene rings is 2. The number of hydrogen-bond acceptors (Lipinski definition) is 3. The van der Waals surface area contributed by atoms with Gasteiger partial charge in [0.1, 0.15) is 5.75 Å². The highest BCUT2D eigenvalue weighted by Crippen LogP contribution is 2.14. The van der Waals surface area contributed by atoms with Crippen molar-refractivity contribution in [1.82, 2.24) is 10.6 Å². The summed E-state index contributed by atoms with van der Waals surface area (Å²) >= 11 is 6.10. The summed E-state index contributed by atoms with van der Waals surface area (Å²) in [6, 6.07) is 16.0. The highest BCUT2D eigenvalue weighted by atomic mass is 35.5. The normalized spacial score (nSPS) is 10.6. The molecule has 3 nitrogen and oxygen atoms in total. The summed E-state index contributed by atoms with van der Waals surface area (Å²) < 4.78 is 5.14. The molecule has 0 aliphatic heterocycles. The van der Waals surface area contributed by atoms with E-state index in [0.29, 0.717) is 0 Å². The Bertz CT molecular complexity index is 543. The summed E-state index contributed by atoms with van der Waals surface area (Å²) in [5.41, 5.74) is 2.39. The number of halogens is 1. The fraction of sp³-hybridized carbons (Fsp3) is 0.294. The minimum absolute atomic E-state index is 0.796. The van der Waals surface area contributed by atoms with Crippen molar-refractivity contribution in [1.29, 1.82) is 0 Å². The third-order valence-electron chi connectivity index (χ3n) is 3.24. The van der Waals surface area contributed by atoms with Crippen LogP contribution in [-0.2, 0) is 13.1 Å². The Kier molecular flexibility index (Phi) is 6.54. The Balaban J connectivity index is 1.60. The SMILES string of the molecule is COc1ccc(CNCCNCc2ccccc2Cl)cc1. The van der Waals surface area contributed by atoms with E-state index >= 15 is 0 Å². The second-order valence-electron chi connectivity index (χ2n) is 4.79. The lowest BCUT2D eigenvalue weighted by Gasteiger charge is -2.08. The Morgan fingerprint density at radius 1 is 0.905 bits per heavy atom. The zero-order chi connectivity index (χ0) is 14.9.